The van der Waals surface area contributed by atoms with Gasteiger partial charge in [-0.1, -0.05) is 20.8 Å². The summed E-state index contributed by atoms with van der Waals surface area (Å²) in [5, 5.41) is 19.8. The van der Waals surface area contributed by atoms with Crippen LogP contribution in [0.5, 0.6) is 0 Å². The highest BCUT2D eigenvalue weighted by atomic mass is 16.6. The molecule has 1 aliphatic carbocycles. The lowest BCUT2D eigenvalue weighted by atomic mass is 9.80. The summed E-state index contributed by atoms with van der Waals surface area (Å²) in [6, 6.07) is 0. The van der Waals surface area contributed by atoms with Crippen LogP contribution in [0.4, 0.5) is 0 Å². The van der Waals surface area contributed by atoms with Crippen LogP contribution in [0.3, 0.4) is 0 Å². The Morgan fingerprint density at radius 2 is 1.84 bits per heavy atom. The third-order valence-electron chi connectivity index (χ3n) is 4.75. The Balaban J connectivity index is 2.11. The van der Waals surface area contributed by atoms with Crippen LogP contribution in [0.25, 0.3) is 0 Å². The Morgan fingerprint density at radius 3 is 2.21 bits per heavy atom. The van der Waals surface area contributed by atoms with E-state index < -0.39 is 12.1 Å². The van der Waals surface area contributed by atoms with E-state index in [2.05, 4.69) is 0 Å². The number of aliphatic hydroxyl groups is 1. The normalized spacial score (nSPS) is 39.1. The number of ether oxygens (including phenoxy) is 1. The molecular formula is C15H26O4. The molecule has 0 bridgehead atoms. The van der Waals surface area contributed by atoms with E-state index in [0.717, 1.165) is 6.42 Å². The van der Waals surface area contributed by atoms with Crippen molar-refractivity contribution in [1.82, 2.24) is 0 Å². The van der Waals surface area contributed by atoms with Crippen molar-refractivity contribution in [3.63, 3.8) is 0 Å². The minimum atomic E-state index is -0.750. The second-order valence-electron chi connectivity index (χ2n) is 7.79. The molecule has 110 valence electrons. The maximum absolute atomic E-state index is 11.4. The lowest BCUT2D eigenvalue weighted by Crippen LogP contribution is -2.33. The number of carboxylic acid groups (broad SMARTS) is 1. The van der Waals surface area contributed by atoms with Gasteiger partial charge in [-0.15, -0.1) is 0 Å². The molecule has 1 aliphatic heterocycles. The summed E-state index contributed by atoms with van der Waals surface area (Å²) < 4.78 is 5.64. The number of aliphatic hydroxyl groups excluding tert-OH is 1. The molecule has 0 aromatic carbocycles. The molecule has 5 unspecified atom stereocenters. The van der Waals surface area contributed by atoms with Crippen molar-refractivity contribution in [2.75, 3.05) is 0 Å². The molecule has 2 N–H and O–H groups in total. The van der Waals surface area contributed by atoms with E-state index in [1.165, 1.54) is 0 Å². The molecular weight excluding hydrogens is 244 g/mol. The van der Waals surface area contributed by atoms with Gasteiger partial charge in [0.15, 0.2) is 0 Å². The van der Waals surface area contributed by atoms with Gasteiger partial charge in [0, 0.05) is 5.92 Å². The minimum absolute atomic E-state index is 0.0331. The van der Waals surface area contributed by atoms with Crippen molar-refractivity contribution < 1.29 is 19.7 Å². The molecule has 4 nitrogen and oxygen atoms in total. The van der Waals surface area contributed by atoms with Crippen LogP contribution in [0, 0.1) is 23.2 Å². The fourth-order valence-corrected chi connectivity index (χ4v) is 3.59. The first-order valence-corrected chi connectivity index (χ1v) is 7.12. The second-order valence-corrected chi connectivity index (χ2v) is 7.79. The van der Waals surface area contributed by atoms with Gasteiger partial charge in [-0.2, -0.15) is 0 Å². The first-order chi connectivity index (χ1) is 8.54. The van der Waals surface area contributed by atoms with Gasteiger partial charge in [-0.25, -0.2) is 0 Å². The summed E-state index contributed by atoms with van der Waals surface area (Å²) in [7, 11) is 0. The Hall–Kier alpha value is -0.610. The summed E-state index contributed by atoms with van der Waals surface area (Å²) in [6.07, 6.45) is 0.893. The van der Waals surface area contributed by atoms with Crippen LogP contribution < -0.4 is 0 Å². The number of carboxylic acids is 1. The van der Waals surface area contributed by atoms with Gasteiger partial charge in [0.2, 0.25) is 0 Å². The number of epoxide rings is 1. The van der Waals surface area contributed by atoms with Crippen LogP contribution in [0.1, 0.15) is 47.5 Å². The van der Waals surface area contributed by atoms with Gasteiger partial charge in [-0.05, 0) is 38.0 Å². The average Bonchev–Trinajstić information content (AvgIpc) is 2.73. The largest absolute Gasteiger partial charge is 0.481 e. The number of rotatable bonds is 3. The van der Waals surface area contributed by atoms with E-state index >= 15 is 0 Å². The van der Waals surface area contributed by atoms with E-state index in [1.807, 2.05) is 34.6 Å². The fourth-order valence-electron chi connectivity index (χ4n) is 3.59. The number of hydrogen-bond donors (Lipinski definition) is 2. The summed E-state index contributed by atoms with van der Waals surface area (Å²) in [4.78, 5) is 11.4. The lowest BCUT2D eigenvalue weighted by molar-refractivity contribution is -0.143. The van der Waals surface area contributed by atoms with Crippen molar-refractivity contribution in [2.45, 2.75) is 65.3 Å². The molecule has 1 saturated heterocycles. The molecule has 19 heavy (non-hydrogen) atoms. The summed E-state index contributed by atoms with van der Waals surface area (Å²) >= 11 is 0. The molecule has 0 amide bonds. The molecule has 4 heteroatoms. The SMILES string of the molecule is CC(C)(C)C(O)C1CC(C(=O)O)C(C2OC2(C)C)C1. The van der Waals surface area contributed by atoms with Gasteiger partial charge in [0.05, 0.1) is 23.7 Å². The molecule has 2 fully saturated rings. The van der Waals surface area contributed by atoms with E-state index in [9.17, 15) is 15.0 Å². The lowest BCUT2D eigenvalue weighted by Gasteiger charge is -2.31. The minimum Gasteiger partial charge on any atom is -0.481 e. The molecule has 2 rings (SSSR count). The zero-order chi connectivity index (χ0) is 14.6. The summed E-state index contributed by atoms with van der Waals surface area (Å²) in [5.74, 6) is -1.03. The Labute approximate surface area is 115 Å². The van der Waals surface area contributed by atoms with E-state index in [-0.39, 0.29) is 34.9 Å². The third kappa shape index (κ3) is 2.79. The maximum Gasteiger partial charge on any atom is 0.306 e. The maximum atomic E-state index is 11.4. The number of hydrogen-bond acceptors (Lipinski definition) is 3. The van der Waals surface area contributed by atoms with Gasteiger partial charge in [0.1, 0.15) is 0 Å². The van der Waals surface area contributed by atoms with E-state index in [1.54, 1.807) is 0 Å². The zero-order valence-electron chi connectivity index (χ0n) is 12.5. The zero-order valence-corrected chi connectivity index (χ0v) is 12.5. The van der Waals surface area contributed by atoms with Gasteiger partial charge in [0.25, 0.3) is 0 Å². The third-order valence-corrected chi connectivity index (χ3v) is 4.75. The fraction of sp³-hybridized carbons (Fsp3) is 0.933. The summed E-state index contributed by atoms with van der Waals surface area (Å²) in [5.41, 5.74) is -0.400. The number of carbonyl (C=O) groups is 1. The highest BCUT2D eigenvalue weighted by Gasteiger charge is 2.59. The first-order valence-electron chi connectivity index (χ1n) is 7.12. The van der Waals surface area contributed by atoms with Crippen LogP contribution in [-0.2, 0) is 9.53 Å². The van der Waals surface area contributed by atoms with Crippen molar-refractivity contribution in [3.8, 4) is 0 Å². The predicted octanol–water partition coefficient (Wildman–Crippen LogP) is 2.30. The molecule has 0 radical (unpaired) electrons. The second kappa shape index (κ2) is 4.45. The van der Waals surface area contributed by atoms with Crippen molar-refractivity contribution in [1.29, 1.82) is 0 Å². The smallest absolute Gasteiger partial charge is 0.306 e. The monoisotopic (exact) mass is 270 g/mol. The van der Waals surface area contributed by atoms with Crippen molar-refractivity contribution >= 4 is 5.97 Å². The van der Waals surface area contributed by atoms with Crippen molar-refractivity contribution in [2.24, 2.45) is 23.2 Å². The predicted molar refractivity (Wildman–Crippen MR) is 71.8 cm³/mol. The van der Waals surface area contributed by atoms with E-state index in [0.29, 0.717) is 6.42 Å². The Kier molecular flexibility index (Phi) is 3.47. The molecule has 1 saturated carbocycles. The molecule has 1 heterocycles. The quantitative estimate of drug-likeness (QED) is 0.772. The highest BCUT2D eigenvalue weighted by Crippen LogP contribution is 2.52. The van der Waals surface area contributed by atoms with Crippen LogP contribution in [-0.4, -0.2) is 34.0 Å². The van der Waals surface area contributed by atoms with Crippen LogP contribution >= 0.6 is 0 Å². The van der Waals surface area contributed by atoms with Crippen LogP contribution in [0.2, 0.25) is 0 Å². The standard InChI is InChI=1S/C15H26O4/c1-14(2,3)11(16)8-6-9(10(7-8)13(17)18)12-15(4,5)19-12/h8-12,16H,6-7H2,1-5H3,(H,17,18). The molecule has 0 aromatic rings. The van der Waals surface area contributed by atoms with Gasteiger partial charge >= 0.3 is 5.97 Å². The Morgan fingerprint density at radius 1 is 1.32 bits per heavy atom. The average molecular weight is 270 g/mol. The van der Waals surface area contributed by atoms with E-state index in [4.69, 9.17) is 4.74 Å². The molecule has 2 aliphatic rings. The molecule has 0 spiro atoms. The topological polar surface area (TPSA) is 70.1 Å². The van der Waals surface area contributed by atoms with Crippen molar-refractivity contribution in [3.05, 3.63) is 0 Å². The number of aliphatic carboxylic acids is 1. The molecule has 0 aromatic heterocycles. The van der Waals surface area contributed by atoms with Crippen LogP contribution in [0.15, 0.2) is 0 Å². The molecule has 5 atom stereocenters. The highest BCUT2D eigenvalue weighted by molar-refractivity contribution is 5.71. The summed E-state index contributed by atoms with van der Waals surface area (Å²) in [6.45, 7) is 10.0. The van der Waals surface area contributed by atoms with Gasteiger partial charge < -0.3 is 14.9 Å². The Bertz CT molecular complexity index is 369. The van der Waals surface area contributed by atoms with Gasteiger partial charge in [-0.3, -0.25) is 4.79 Å². The first kappa shape index (κ1) is 14.8.